The molecule has 0 saturated carbocycles. The molecule has 1 aromatic carbocycles. The van der Waals surface area contributed by atoms with Crippen LogP contribution in [0.25, 0.3) is 6.08 Å². The maximum atomic E-state index is 14.0. The van der Waals surface area contributed by atoms with Crippen LogP contribution in [0.15, 0.2) is 17.7 Å². The number of fused-ring (bicyclic) bond motifs is 1. The van der Waals surface area contributed by atoms with E-state index in [0.29, 0.717) is 0 Å². The van der Waals surface area contributed by atoms with Crippen LogP contribution in [0.3, 0.4) is 0 Å². The second kappa shape index (κ2) is 6.54. The molecule has 2 rings (SSSR count). The molecular formula is C18H26FNSi2. The summed E-state index contributed by atoms with van der Waals surface area (Å²) in [7, 11) is -0.959. The summed E-state index contributed by atoms with van der Waals surface area (Å²) in [6.07, 6.45) is 2.85. The molecule has 1 aromatic rings. The zero-order valence-corrected chi connectivity index (χ0v) is 16.5. The summed E-state index contributed by atoms with van der Waals surface area (Å²) in [4.78, 5) is 0. The number of hydrogen-bond donors (Lipinski definition) is 1. The van der Waals surface area contributed by atoms with Crippen LogP contribution in [0.4, 0.5) is 10.1 Å². The van der Waals surface area contributed by atoms with Crippen LogP contribution in [0.2, 0.25) is 26.2 Å². The van der Waals surface area contributed by atoms with Gasteiger partial charge >= 0.3 is 0 Å². The van der Waals surface area contributed by atoms with Gasteiger partial charge in [-0.1, -0.05) is 49.2 Å². The molecule has 0 unspecified atom stereocenters. The van der Waals surface area contributed by atoms with E-state index in [-0.39, 0.29) is 11.4 Å². The first kappa shape index (κ1) is 17.2. The molecular weight excluding hydrogens is 305 g/mol. The Bertz CT molecular complexity index is 661. The second-order valence-electron chi connectivity index (χ2n) is 7.01. The van der Waals surface area contributed by atoms with Gasteiger partial charge in [-0.05, 0) is 32.4 Å². The van der Waals surface area contributed by atoms with E-state index < -0.39 is 16.8 Å². The van der Waals surface area contributed by atoms with Gasteiger partial charge in [0.25, 0.3) is 0 Å². The van der Waals surface area contributed by atoms with E-state index in [9.17, 15) is 4.39 Å². The molecule has 0 radical (unpaired) electrons. The summed E-state index contributed by atoms with van der Waals surface area (Å²) in [6, 6.07) is 3.49. The molecule has 0 atom stereocenters. The zero-order chi connectivity index (χ0) is 16.5. The Morgan fingerprint density at radius 2 is 1.73 bits per heavy atom. The first-order valence-corrected chi connectivity index (χ1v) is 12.9. The standard InChI is InChI=1S/C18H26FNSi2/c1-13-9-14-15(10-13)17(8-7-16(14)19)20-18(2,11-21(3)4)12-22(5)6/h7-8,10-12,20H,9H2,1-6H3. The lowest BCUT2D eigenvalue weighted by molar-refractivity contribution is 0.614. The van der Waals surface area contributed by atoms with Crippen molar-refractivity contribution >= 4 is 39.9 Å². The number of allylic oxidation sites excluding steroid dienone is 1. The highest BCUT2D eigenvalue weighted by molar-refractivity contribution is 6.71. The van der Waals surface area contributed by atoms with Gasteiger partial charge in [-0.25, -0.2) is 4.39 Å². The van der Waals surface area contributed by atoms with Gasteiger partial charge in [-0.2, -0.15) is 0 Å². The highest BCUT2D eigenvalue weighted by atomic mass is 28.2. The maximum absolute atomic E-state index is 14.0. The Labute approximate surface area is 136 Å². The van der Waals surface area contributed by atoms with Crippen molar-refractivity contribution in [3.05, 3.63) is 34.6 Å². The number of anilines is 1. The first-order valence-electron chi connectivity index (χ1n) is 7.79. The third kappa shape index (κ3) is 3.99. The molecule has 0 heterocycles. The van der Waals surface area contributed by atoms with E-state index in [1.165, 1.54) is 5.57 Å². The van der Waals surface area contributed by atoms with Gasteiger partial charge in [-0.15, -0.1) is 0 Å². The fourth-order valence-electron chi connectivity index (χ4n) is 3.27. The van der Waals surface area contributed by atoms with E-state index in [1.807, 2.05) is 6.07 Å². The average molecular weight is 332 g/mol. The van der Waals surface area contributed by atoms with Crippen LogP contribution in [0, 0.1) is 5.82 Å². The first-order chi connectivity index (χ1) is 10.2. The molecule has 4 heteroatoms. The van der Waals surface area contributed by atoms with Crippen molar-refractivity contribution in [2.45, 2.75) is 52.0 Å². The van der Waals surface area contributed by atoms with E-state index in [4.69, 9.17) is 0 Å². The molecule has 1 N–H and O–H groups in total. The van der Waals surface area contributed by atoms with E-state index >= 15 is 0 Å². The van der Waals surface area contributed by atoms with Crippen molar-refractivity contribution in [1.29, 1.82) is 0 Å². The second-order valence-corrected chi connectivity index (χ2v) is 11.9. The molecule has 1 aliphatic carbocycles. The van der Waals surface area contributed by atoms with Crippen LogP contribution in [0.1, 0.15) is 25.0 Å². The van der Waals surface area contributed by atoms with Gasteiger partial charge in [0, 0.05) is 33.6 Å². The SMILES string of the molecule is CC1=Cc2c(NC(C)(C=[Si](C)C)C=[Si](C)C)ccc(F)c2C1. The van der Waals surface area contributed by atoms with E-state index in [1.54, 1.807) is 6.07 Å². The topological polar surface area (TPSA) is 12.0 Å². The van der Waals surface area contributed by atoms with Crippen LogP contribution in [0.5, 0.6) is 0 Å². The van der Waals surface area contributed by atoms with Gasteiger partial charge in [0.1, 0.15) is 5.82 Å². The largest absolute Gasteiger partial charge is 0.373 e. The molecule has 0 bridgehead atoms. The third-order valence-electron chi connectivity index (χ3n) is 3.73. The van der Waals surface area contributed by atoms with E-state index in [0.717, 1.165) is 23.2 Å². The number of rotatable bonds is 4. The lowest BCUT2D eigenvalue weighted by atomic mass is 10.0. The van der Waals surface area contributed by atoms with Crippen LogP contribution < -0.4 is 5.32 Å². The van der Waals surface area contributed by atoms with Crippen molar-refractivity contribution in [3.63, 3.8) is 0 Å². The molecule has 0 aromatic heterocycles. The van der Waals surface area contributed by atoms with Gasteiger partial charge in [0.15, 0.2) is 0 Å². The number of nitrogens with one attached hydrogen (secondary N) is 1. The molecule has 0 amide bonds. The molecule has 118 valence electrons. The summed E-state index contributed by atoms with van der Waals surface area (Å²) in [5.41, 5.74) is 8.91. The molecule has 0 fully saturated rings. The maximum Gasteiger partial charge on any atom is 0.127 e. The minimum absolute atomic E-state index is 0.0882. The van der Waals surface area contributed by atoms with Crippen molar-refractivity contribution < 1.29 is 4.39 Å². The lowest BCUT2D eigenvalue weighted by Crippen LogP contribution is -2.42. The van der Waals surface area contributed by atoms with E-state index in [2.05, 4.69) is 62.8 Å². The predicted octanol–water partition coefficient (Wildman–Crippen LogP) is 4.23. The Morgan fingerprint density at radius 3 is 2.27 bits per heavy atom. The van der Waals surface area contributed by atoms with Gasteiger partial charge < -0.3 is 5.32 Å². The summed E-state index contributed by atoms with van der Waals surface area (Å²) in [6.45, 7) is 13.5. The summed E-state index contributed by atoms with van der Waals surface area (Å²) in [5, 5.41) is 3.69. The van der Waals surface area contributed by atoms with Crippen molar-refractivity contribution in [1.82, 2.24) is 0 Å². The van der Waals surface area contributed by atoms with Crippen LogP contribution in [-0.2, 0) is 6.42 Å². The van der Waals surface area contributed by atoms with Crippen molar-refractivity contribution in [2.75, 3.05) is 5.32 Å². The summed E-state index contributed by atoms with van der Waals surface area (Å²) in [5.74, 6) is -0.0882. The molecule has 22 heavy (non-hydrogen) atoms. The average Bonchev–Trinajstić information content (AvgIpc) is 2.73. The molecule has 0 saturated heterocycles. The van der Waals surface area contributed by atoms with Gasteiger partial charge in [-0.3, -0.25) is 0 Å². The number of hydrogen-bond acceptors (Lipinski definition) is 1. The van der Waals surface area contributed by atoms with Crippen molar-refractivity contribution in [3.8, 4) is 0 Å². The van der Waals surface area contributed by atoms with Gasteiger partial charge in [0.05, 0.1) is 5.54 Å². The Hall–Kier alpha value is -1.14. The third-order valence-corrected chi connectivity index (χ3v) is 6.08. The highest BCUT2D eigenvalue weighted by Crippen LogP contribution is 2.33. The zero-order valence-electron chi connectivity index (χ0n) is 14.5. The number of halogens is 1. The quantitative estimate of drug-likeness (QED) is 0.814. The Balaban J connectivity index is 2.47. The lowest BCUT2D eigenvalue weighted by Gasteiger charge is -2.28. The highest BCUT2D eigenvalue weighted by Gasteiger charge is 2.23. The predicted molar refractivity (Wildman–Crippen MR) is 103 cm³/mol. The van der Waals surface area contributed by atoms with Crippen LogP contribution in [-0.4, -0.2) is 33.7 Å². The Kier molecular flexibility index (Phi) is 5.12. The number of benzene rings is 1. The fraction of sp³-hybridized carbons (Fsp3) is 0.444. The normalized spacial score (nSPS) is 13.3. The monoisotopic (exact) mass is 331 g/mol. The summed E-state index contributed by atoms with van der Waals surface area (Å²) < 4.78 is 14.0. The van der Waals surface area contributed by atoms with Crippen molar-refractivity contribution in [2.24, 2.45) is 0 Å². The molecule has 0 spiro atoms. The fourth-order valence-corrected chi connectivity index (χ4v) is 6.15. The molecule has 0 aliphatic heterocycles. The summed E-state index contributed by atoms with van der Waals surface area (Å²) >= 11 is 0. The minimum Gasteiger partial charge on any atom is -0.373 e. The Morgan fingerprint density at radius 1 is 1.14 bits per heavy atom. The van der Waals surface area contributed by atoms with Gasteiger partial charge in [0.2, 0.25) is 0 Å². The molecule has 1 nitrogen and oxygen atoms in total. The molecule has 1 aliphatic rings. The minimum atomic E-state index is -0.480. The smallest absolute Gasteiger partial charge is 0.127 e. The van der Waals surface area contributed by atoms with Crippen LogP contribution >= 0.6 is 0 Å².